The van der Waals surface area contributed by atoms with Gasteiger partial charge in [-0.15, -0.1) is 0 Å². The molecule has 1 rings (SSSR count). The van der Waals surface area contributed by atoms with E-state index in [1.54, 1.807) is 12.1 Å². The number of hydrogen-bond acceptors (Lipinski definition) is 3. The van der Waals surface area contributed by atoms with Gasteiger partial charge < -0.3 is 5.73 Å². The van der Waals surface area contributed by atoms with Gasteiger partial charge in [-0.05, 0) is 25.8 Å². The van der Waals surface area contributed by atoms with Gasteiger partial charge in [0.05, 0.1) is 4.92 Å². The molecule has 0 amide bonds. The molecule has 0 heterocycles. The van der Waals surface area contributed by atoms with Crippen LogP contribution in [0.15, 0.2) is 18.2 Å². The van der Waals surface area contributed by atoms with Crippen molar-refractivity contribution in [1.29, 1.82) is 0 Å². The molecule has 82 valence electrons. The van der Waals surface area contributed by atoms with Crippen molar-refractivity contribution < 1.29 is 4.92 Å². The number of benzene rings is 1. The molecule has 0 saturated carbocycles. The van der Waals surface area contributed by atoms with Crippen molar-refractivity contribution in [3.63, 3.8) is 0 Å². The average molecular weight is 208 g/mol. The first-order valence-electron chi connectivity index (χ1n) is 5.04. The molecule has 4 heteroatoms. The van der Waals surface area contributed by atoms with E-state index in [0.29, 0.717) is 6.42 Å². The quantitative estimate of drug-likeness (QED) is 0.609. The predicted octanol–water partition coefficient (Wildman–Crippen LogP) is 2.18. The molecule has 0 saturated heterocycles. The first-order chi connectivity index (χ1) is 7.04. The number of nitrogens with zero attached hydrogens (tertiary/aromatic N) is 1. The molecular formula is C11H16N2O2. The first kappa shape index (κ1) is 11.7. The second kappa shape index (κ2) is 4.89. The summed E-state index contributed by atoms with van der Waals surface area (Å²) in [5.41, 5.74) is 7.73. The van der Waals surface area contributed by atoms with Gasteiger partial charge >= 0.3 is 0 Å². The van der Waals surface area contributed by atoms with Crippen LogP contribution in [0, 0.1) is 17.0 Å². The summed E-state index contributed by atoms with van der Waals surface area (Å²) in [6.45, 7) is 3.90. The van der Waals surface area contributed by atoms with Crippen LogP contribution in [0.2, 0.25) is 0 Å². The lowest BCUT2D eigenvalue weighted by Crippen LogP contribution is -2.21. The molecule has 0 aromatic heterocycles. The summed E-state index contributed by atoms with van der Waals surface area (Å²) < 4.78 is 0. The highest BCUT2D eigenvalue weighted by Gasteiger charge is 2.15. The van der Waals surface area contributed by atoms with Gasteiger partial charge in [0.15, 0.2) is 0 Å². The summed E-state index contributed by atoms with van der Waals surface area (Å²) in [7, 11) is 0. The van der Waals surface area contributed by atoms with Crippen LogP contribution < -0.4 is 5.73 Å². The molecule has 2 N–H and O–H groups in total. The highest BCUT2D eigenvalue weighted by molar-refractivity contribution is 5.43. The van der Waals surface area contributed by atoms with E-state index in [2.05, 4.69) is 0 Å². The maximum Gasteiger partial charge on any atom is 0.272 e. The molecule has 0 spiro atoms. The lowest BCUT2D eigenvalue weighted by molar-refractivity contribution is -0.385. The molecule has 0 aliphatic heterocycles. The van der Waals surface area contributed by atoms with E-state index in [4.69, 9.17) is 5.73 Å². The molecule has 0 fully saturated rings. The summed E-state index contributed by atoms with van der Waals surface area (Å²) in [6, 6.07) is 5.13. The molecule has 1 unspecified atom stereocenters. The topological polar surface area (TPSA) is 69.2 Å². The number of aryl methyl sites for hydroxylation is 1. The summed E-state index contributed by atoms with van der Waals surface area (Å²) in [4.78, 5) is 10.4. The summed E-state index contributed by atoms with van der Waals surface area (Å²) >= 11 is 0. The van der Waals surface area contributed by atoms with Gasteiger partial charge in [-0.25, -0.2) is 0 Å². The third kappa shape index (κ3) is 3.02. The van der Waals surface area contributed by atoms with Gasteiger partial charge in [0.25, 0.3) is 5.69 Å². The summed E-state index contributed by atoms with van der Waals surface area (Å²) in [5, 5.41) is 10.8. The zero-order chi connectivity index (χ0) is 11.4. The Hall–Kier alpha value is -1.42. The SMILES string of the molecule is CCC(N)Cc1cc(C)ccc1[N+](=O)[O-]. The molecule has 0 bridgehead atoms. The fourth-order valence-corrected chi connectivity index (χ4v) is 1.48. The van der Waals surface area contributed by atoms with Crippen LogP contribution in [-0.2, 0) is 6.42 Å². The van der Waals surface area contributed by atoms with Gasteiger partial charge in [0, 0.05) is 17.7 Å². The van der Waals surface area contributed by atoms with Gasteiger partial charge in [-0.1, -0.05) is 18.6 Å². The highest BCUT2D eigenvalue weighted by Crippen LogP contribution is 2.21. The normalized spacial score (nSPS) is 12.5. The second-order valence-corrected chi connectivity index (χ2v) is 3.76. The molecule has 4 nitrogen and oxygen atoms in total. The maximum atomic E-state index is 10.8. The minimum Gasteiger partial charge on any atom is -0.327 e. The Kier molecular flexibility index (Phi) is 3.80. The zero-order valence-electron chi connectivity index (χ0n) is 9.06. The van der Waals surface area contributed by atoms with Crippen molar-refractivity contribution in [2.75, 3.05) is 0 Å². The van der Waals surface area contributed by atoms with Crippen LogP contribution in [0.5, 0.6) is 0 Å². The van der Waals surface area contributed by atoms with Crippen LogP contribution in [0.1, 0.15) is 24.5 Å². The number of nitro groups is 1. The summed E-state index contributed by atoms with van der Waals surface area (Å²) in [6.07, 6.45) is 1.39. The third-order valence-electron chi connectivity index (χ3n) is 2.44. The number of hydrogen-bond donors (Lipinski definition) is 1. The molecule has 15 heavy (non-hydrogen) atoms. The van der Waals surface area contributed by atoms with Crippen LogP contribution in [0.3, 0.4) is 0 Å². The van der Waals surface area contributed by atoms with Crippen molar-refractivity contribution in [2.24, 2.45) is 5.73 Å². The smallest absolute Gasteiger partial charge is 0.272 e. The van der Waals surface area contributed by atoms with E-state index in [9.17, 15) is 10.1 Å². The Morgan fingerprint density at radius 1 is 1.53 bits per heavy atom. The average Bonchev–Trinajstić information content (AvgIpc) is 2.17. The molecular weight excluding hydrogens is 192 g/mol. The highest BCUT2D eigenvalue weighted by atomic mass is 16.6. The van der Waals surface area contributed by atoms with Crippen molar-refractivity contribution >= 4 is 5.69 Å². The second-order valence-electron chi connectivity index (χ2n) is 3.76. The number of rotatable bonds is 4. The largest absolute Gasteiger partial charge is 0.327 e. The van der Waals surface area contributed by atoms with Crippen molar-refractivity contribution in [3.05, 3.63) is 39.4 Å². The van der Waals surface area contributed by atoms with Crippen molar-refractivity contribution in [3.8, 4) is 0 Å². The van der Waals surface area contributed by atoms with Crippen LogP contribution >= 0.6 is 0 Å². The van der Waals surface area contributed by atoms with E-state index >= 15 is 0 Å². The minimum absolute atomic E-state index is 0.00880. The Labute approximate surface area is 89.2 Å². The zero-order valence-corrected chi connectivity index (χ0v) is 9.06. The van der Waals surface area contributed by atoms with E-state index in [1.807, 2.05) is 19.9 Å². The van der Waals surface area contributed by atoms with E-state index < -0.39 is 0 Å². The summed E-state index contributed by atoms with van der Waals surface area (Å²) in [5.74, 6) is 0. The van der Waals surface area contributed by atoms with Crippen molar-refractivity contribution in [1.82, 2.24) is 0 Å². The minimum atomic E-state index is -0.350. The molecule has 1 atom stereocenters. The van der Waals surface area contributed by atoms with Gasteiger partial charge in [-0.2, -0.15) is 0 Å². The Bertz CT molecular complexity index is 364. The number of nitrogens with two attached hydrogens (primary N) is 1. The Morgan fingerprint density at radius 3 is 2.73 bits per heavy atom. The molecule has 1 aromatic rings. The maximum absolute atomic E-state index is 10.8. The standard InChI is InChI=1S/C11H16N2O2/c1-3-10(12)7-9-6-8(2)4-5-11(9)13(14)15/h4-6,10H,3,7,12H2,1-2H3. The van der Waals surface area contributed by atoms with Crippen molar-refractivity contribution in [2.45, 2.75) is 32.7 Å². The molecule has 1 aromatic carbocycles. The predicted molar refractivity (Wildman–Crippen MR) is 59.8 cm³/mol. The van der Waals surface area contributed by atoms with Crippen LogP contribution in [-0.4, -0.2) is 11.0 Å². The van der Waals surface area contributed by atoms with E-state index in [0.717, 1.165) is 17.5 Å². The lowest BCUT2D eigenvalue weighted by atomic mass is 10.0. The number of nitro benzene ring substituents is 1. The molecule has 0 aliphatic carbocycles. The van der Waals surface area contributed by atoms with E-state index in [-0.39, 0.29) is 16.7 Å². The molecule has 0 aliphatic rings. The van der Waals surface area contributed by atoms with Gasteiger partial charge in [0.2, 0.25) is 0 Å². The fraction of sp³-hybridized carbons (Fsp3) is 0.455. The fourth-order valence-electron chi connectivity index (χ4n) is 1.48. The van der Waals surface area contributed by atoms with E-state index in [1.165, 1.54) is 0 Å². The first-order valence-corrected chi connectivity index (χ1v) is 5.04. The lowest BCUT2D eigenvalue weighted by Gasteiger charge is -2.09. The van der Waals surface area contributed by atoms with Gasteiger partial charge in [0.1, 0.15) is 0 Å². The van der Waals surface area contributed by atoms with Gasteiger partial charge in [-0.3, -0.25) is 10.1 Å². The Balaban J connectivity index is 3.02. The monoisotopic (exact) mass is 208 g/mol. The molecule has 0 radical (unpaired) electrons. The Morgan fingerprint density at radius 2 is 2.20 bits per heavy atom. The van der Waals surface area contributed by atoms with Crippen LogP contribution in [0.25, 0.3) is 0 Å². The third-order valence-corrected chi connectivity index (χ3v) is 2.44. The van der Waals surface area contributed by atoms with Crippen LogP contribution in [0.4, 0.5) is 5.69 Å².